The highest BCUT2D eigenvalue weighted by Gasteiger charge is 2.32. The molecule has 1 unspecified atom stereocenters. The number of likely N-dealkylation sites (tertiary alicyclic amines) is 1. The lowest BCUT2D eigenvalue weighted by Gasteiger charge is -2.32. The summed E-state index contributed by atoms with van der Waals surface area (Å²) in [7, 11) is 3.19. The van der Waals surface area contributed by atoms with Crippen LogP contribution in [0.4, 0.5) is 9.59 Å². The molecule has 7 nitrogen and oxygen atoms in total. The SMILES string of the molecule is CN(C)C(=O)OCSC1CCN(C(=O)OC(C)(C)C)CC1=O. The van der Waals surface area contributed by atoms with Crippen LogP contribution in [0.3, 0.4) is 0 Å². The topological polar surface area (TPSA) is 76.2 Å². The first-order chi connectivity index (χ1) is 10.1. The first kappa shape index (κ1) is 18.6. The molecule has 1 atom stereocenters. The van der Waals surface area contributed by atoms with Gasteiger partial charge in [0, 0.05) is 20.6 Å². The number of hydrogen-bond acceptors (Lipinski definition) is 6. The third-order valence-corrected chi connectivity index (χ3v) is 3.99. The molecule has 1 saturated heterocycles. The van der Waals surface area contributed by atoms with E-state index in [0.717, 1.165) is 0 Å². The van der Waals surface area contributed by atoms with E-state index in [4.69, 9.17) is 9.47 Å². The predicted octanol–water partition coefficient (Wildman–Crippen LogP) is 1.95. The second kappa shape index (κ2) is 7.71. The lowest BCUT2D eigenvalue weighted by molar-refractivity contribution is -0.121. The van der Waals surface area contributed by atoms with E-state index in [9.17, 15) is 14.4 Å². The number of carbonyl (C=O) groups is 3. The van der Waals surface area contributed by atoms with Crippen LogP contribution < -0.4 is 0 Å². The summed E-state index contributed by atoms with van der Waals surface area (Å²) < 4.78 is 10.2. The maximum atomic E-state index is 12.1. The normalized spacial score (nSPS) is 18.9. The summed E-state index contributed by atoms with van der Waals surface area (Å²) in [5, 5.41) is -0.256. The van der Waals surface area contributed by atoms with Crippen LogP contribution in [0, 0.1) is 0 Å². The van der Waals surface area contributed by atoms with Gasteiger partial charge in [-0.25, -0.2) is 9.59 Å². The van der Waals surface area contributed by atoms with E-state index in [1.165, 1.54) is 21.6 Å². The van der Waals surface area contributed by atoms with Crippen molar-refractivity contribution in [2.45, 2.75) is 38.0 Å². The Morgan fingerprint density at radius 2 is 2.00 bits per heavy atom. The van der Waals surface area contributed by atoms with Crippen LogP contribution in [0.5, 0.6) is 0 Å². The number of thioether (sulfide) groups is 1. The standard InChI is InChI=1S/C14H24N2O5S/c1-14(2,3)21-13(19)16-7-6-11(10(17)8-16)22-9-20-12(18)15(4)5/h11H,6-9H2,1-5H3. The molecule has 1 heterocycles. The molecular formula is C14H24N2O5S. The molecule has 2 amide bonds. The molecular weight excluding hydrogens is 308 g/mol. The first-order valence-corrected chi connectivity index (χ1v) is 8.11. The minimum atomic E-state index is -0.577. The minimum Gasteiger partial charge on any atom is -0.444 e. The van der Waals surface area contributed by atoms with Crippen LogP contribution in [-0.4, -0.2) is 71.7 Å². The van der Waals surface area contributed by atoms with Gasteiger partial charge in [-0.1, -0.05) is 0 Å². The number of carbonyl (C=O) groups excluding carboxylic acids is 3. The van der Waals surface area contributed by atoms with Crippen molar-refractivity contribution in [3.05, 3.63) is 0 Å². The molecule has 0 saturated carbocycles. The van der Waals surface area contributed by atoms with Crippen LogP contribution in [0.25, 0.3) is 0 Å². The Morgan fingerprint density at radius 3 is 2.50 bits per heavy atom. The van der Waals surface area contributed by atoms with Gasteiger partial charge in [-0.3, -0.25) is 4.79 Å². The lowest BCUT2D eigenvalue weighted by Crippen LogP contribution is -2.47. The molecule has 0 aromatic carbocycles. The van der Waals surface area contributed by atoms with Gasteiger partial charge < -0.3 is 19.3 Å². The molecule has 0 aliphatic carbocycles. The molecule has 0 radical (unpaired) electrons. The number of ether oxygens (including phenoxy) is 2. The Balaban J connectivity index is 2.38. The number of piperidine rings is 1. The number of nitrogens with zero attached hydrogens (tertiary/aromatic N) is 2. The van der Waals surface area contributed by atoms with E-state index in [2.05, 4.69) is 0 Å². The Bertz CT molecular complexity index is 433. The van der Waals surface area contributed by atoms with Gasteiger partial charge in [0.2, 0.25) is 0 Å². The summed E-state index contributed by atoms with van der Waals surface area (Å²) in [6.07, 6.45) is -0.378. The highest BCUT2D eigenvalue weighted by atomic mass is 32.2. The van der Waals surface area contributed by atoms with E-state index >= 15 is 0 Å². The Morgan fingerprint density at radius 1 is 1.36 bits per heavy atom. The largest absolute Gasteiger partial charge is 0.444 e. The number of amides is 2. The average molecular weight is 332 g/mol. The quantitative estimate of drug-likeness (QED) is 0.735. The highest BCUT2D eigenvalue weighted by molar-refractivity contribution is 8.00. The smallest absolute Gasteiger partial charge is 0.410 e. The second-order valence-corrected chi connectivity index (χ2v) is 7.37. The summed E-state index contributed by atoms with van der Waals surface area (Å²) in [5.41, 5.74) is -0.577. The van der Waals surface area contributed by atoms with E-state index in [0.29, 0.717) is 13.0 Å². The van der Waals surface area contributed by atoms with E-state index < -0.39 is 17.8 Å². The molecule has 126 valence electrons. The Hall–Kier alpha value is -1.44. The number of hydrogen-bond donors (Lipinski definition) is 0. The van der Waals surface area contributed by atoms with Crippen molar-refractivity contribution >= 4 is 29.7 Å². The molecule has 0 N–H and O–H groups in total. The Labute approximate surface area is 135 Å². The third-order valence-electron chi connectivity index (χ3n) is 2.84. The highest BCUT2D eigenvalue weighted by Crippen LogP contribution is 2.22. The van der Waals surface area contributed by atoms with Crippen molar-refractivity contribution in [2.24, 2.45) is 0 Å². The molecule has 0 bridgehead atoms. The number of Topliss-reactive ketones (excluding diaryl/α,β-unsaturated/α-hetero) is 1. The van der Waals surface area contributed by atoms with Crippen molar-refractivity contribution < 1.29 is 23.9 Å². The zero-order chi connectivity index (χ0) is 16.9. The van der Waals surface area contributed by atoms with Crippen molar-refractivity contribution in [1.82, 2.24) is 9.80 Å². The molecule has 0 spiro atoms. The fraction of sp³-hybridized carbons (Fsp3) is 0.786. The number of ketones is 1. The van der Waals surface area contributed by atoms with Gasteiger partial charge in [0.1, 0.15) is 11.5 Å². The first-order valence-electron chi connectivity index (χ1n) is 7.06. The zero-order valence-corrected chi connectivity index (χ0v) is 14.6. The zero-order valence-electron chi connectivity index (χ0n) is 13.7. The van der Waals surface area contributed by atoms with Gasteiger partial charge in [0.25, 0.3) is 0 Å². The molecule has 1 aliphatic heterocycles. The van der Waals surface area contributed by atoms with Gasteiger partial charge in [-0.15, -0.1) is 11.8 Å². The molecule has 22 heavy (non-hydrogen) atoms. The summed E-state index contributed by atoms with van der Waals surface area (Å²) >= 11 is 1.28. The maximum absolute atomic E-state index is 12.1. The van der Waals surface area contributed by atoms with Crippen molar-refractivity contribution in [1.29, 1.82) is 0 Å². The summed E-state index contributed by atoms with van der Waals surface area (Å²) in [5.74, 6) is 0.0721. The molecule has 0 aromatic heterocycles. The van der Waals surface area contributed by atoms with Crippen LogP contribution in [0.1, 0.15) is 27.2 Å². The molecule has 0 aromatic rings. The molecule has 1 fully saturated rings. The monoisotopic (exact) mass is 332 g/mol. The Kier molecular flexibility index (Phi) is 6.52. The fourth-order valence-corrected chi connectivity index (χ4v) is 2.62. The van der Waals surface area contributed by atoms with Gasteiger partial charge in [-0.2, -0.15) is 0 Å². The second-order valence-electron chi connectivity index (χ2n) is 6.23. The third kappa shape index (κ3) is 6.13. The summed E-state index contributed by atoms with van der Waals surface area (Å²) in [6, 6.07) is 0. The van der Waals surface area contributed by atoms with Gasteiger partial charge >= 0.3 is 12.2 Å². The van der Waals surface area contributed by atoms with Crippen LogP contribution in [-0.2, 0) is 14.3 Å². The van der Waals surface area contributed by atoms with Crippen molar-refractivity contribution in [2.75, 3.05) is 33.1 Å². The molecule has 1 aliphatic rings. The van der Waals surface area contributed by atoms with E-state index in [1.54, 1.807) is 34.9 Å². The van der Waals surface area contributed by atoms with Gasteiger partial charge in [0.05, 0.1) is 11.8 Å². The van der Waals surface area contributed by atoms with Crippen LogP contribution in [0.15, 0.2) is 0 Å². The van der Waals surface area contributed by atoms with Crippen LogP contribution in [0.2, 0.25) is 0 Å². The average Bonchev–Trinajstić information content (AvgIpc) is 2.38. The number of rotatable bonds is 3. The summed E-state index contributed by atoms with van der Waals surface area (Å²) in [4.78, 5) is 38.0. The van der Waals surface area contributed by atoms with Gasteiger partial charge in [-0.05, 0) is 27.2 Å². The van der Waals surface area contributed by atoms with Crippen molar-refractivity contribution in [3.63, 3.8) is 0 Å². The lowest BCUT2D eigenvalue weighted by atomic mass is 10.1. The fourth-order valence-electron chi connectivity index (χ4n) is 1.76. The molecule has 1 rings (SSSR count). The van der Waals surface area contributed by atoms with E-state index in [-0.39, 0.29) is 23.5 Å². The maximum Gasteiger partial charge on any atom is 0.410 e. The van der Waals surface area contributed by atoms with Gasteiger partial charge in [0.15, 0.2) is 5.78 Å². The predicted molar refractivity (Wildman–Crippen MR) is 83.8 cm³/mol. The summed E-state index contributed by atoms with van der Waals surface area (Å²) in [6.45, 7) is 5.85. The van der Waals surface area contributed by atoms with E-state index in [1.807, 2.05) is 0 Å². The van der Waals surface area contributed by atoms with Crippen LogP contribution >= 0.6 is 11.8 Å². The minimum absolute atomic E-state index is 0.0359. The molecule has 8 heteroatoms. The van der Waals surface area contributed by atoms with Crippen molar-refractivity contribution in [3.8, 4) is 0 Å².